The number of hydrogen-bond acceptors (Lipinski definition) is 6. The number of nitrogens with one attached hydrogen (secondary N) is 1. The molecule has 0 atom stereocenters. The van der Waals surface area contributed by atoms with E-state index < -0.39 is 0 Å². The Kier molecular flexibility index (Phi) is 7.52. The SMILES string of the molecule is CCN(CC)CCCCNc1nc(Cl)nc2cc(OC)c(OC)cc12. The number of hydrogen-bond donors (Lipinski definition) is 1. The summed E-state index contributed by atoms with van der Waals surface area (Å²) in [6, 6.07) is 3.69. The lowest BCUT2D eigenvalue weighted by atomic mass is 10.2. The topological polar surface area (TPSA) is 59.5 Å². The first-order chi connectivity index (χ1) is 12.1. The minimum Gasteiger partial charge on any atom is -0.493 e. The van der Waals surface area contributed by atoms with Crippen molar-refractivity contribution < 1.29 is 9.47 Å². The second-order valence-electron chi connectivity index (χ2n) is 5.73. The molecule has 0 bridgehead atoms. The van der Waals surface area contributed by atoms with Crippen LogP contribution >= 0.6 is 11.6 Å². The van der Waals surface area contributed by atoms with E-state index in [4.69, 9.17) is 21.1 Å². The van der Waals surface area contributed by atoms with Crippen LogP contribution in [0, 0.1) is 0 Å². The van der Waals surface area contributed by atoms with Crippen LogP contribution in [0.3, 0.4) is 0 Å². The minimum atomic E-state index is 0.213. The van der Waals surface area contributed by atoms with Gasteiger partial charge in [0.05, 0.1) is 19.7 Å². The molecule has 138 valence electrons. The Morgan fingerprint density at radius 2 is 1.72 bits per heavy atom. The second-order valence-corrected chi connectivity index (χ2v) is 6.06. The third kappa shape index (κ3) is 5.09. The van der Waals surface area contributed by atoms with Crippen molar-refractivity contribution in [2.75, 3.05) is 45.7 Å². The van der Waals surface area contributed by atoms with E-state index in [1.165, 1.54) is 0 Å². The Hall–Kier alpha value is -1.79. The molecule has 7 heteroatoms. The van der Waals surface area contributed by atoms with Gasteiger partial charge in [-0.3, -0.25) is 0 Å². The third-order valence-corrected chi connectivity index (χ3v) is 4.43. The number of fused-ring (bicyclic) bond motifs is 1. The van der Waals surface area contributed by atoms with Gasteiger partial charge in [0, 0.05) is 18.0 Å². The first kappa shape index (κ1) is 19.5. The van der Waals surface area contributed by atoms with Gasteiger partial charge in [-0.25, -0.2) is 9.97 Å². The Labute approximate surface area is 154 Å². The molecular formula is C18H27ClN4O2. The lowest BCUT2D eigenvalue weighted by Crippen LogP contribution is -2.24. The molecule has 0 saturated carbocycles. The molecule has 6 nitrogen and oxygen atoms in total. The average molecular weight is 367 g/mol. The fourth-order valence-electron chi connectivity index (χ4n) is 2.77. The number of ether oxygens (including phenoxy) is 2. The van der Waals surface area contributed by atoms with Crippen molar-refractivity contribution >= 4 is 28.3 Å². The van der Waals surface area contributed by atoms with Crippen LogP contribution in [0.25, 0.3) is 10.9 Å². The predicted octanol–water partition coefficient (Wildman–Crippen LogP) is 3.83. The summed E-state index contributed by atoms with van der Waals surface area (Å²) in [6.07, 6.45) is 2.20. The summed E-state index contributed by atoms with van der Waals surface area (Å²) >= 11 is 6.07. The lowest BCUT2D eigenvalue weighted by Gasteiger charge is -2.17. The van der Waals surface area contributed by atoms with Gasteiger partial charge in [0.2, 0.25) is 5.28 Å². The molecule has 0 amide bonds. The molecule has 1 aromatic heterocycles. The van der Waals surface area contributed by atoms with Crippen molar-refractivity contribution in [3.63, 3.8) is 0 Å². The maximum atomic E-state index is 6.07. The largest absolute Gasteiger partial charge is 0.493 e. The maximum Gasteiger partial charge on any atom is 0.224 e. The predicted molar refractivity (Wildman–Crippen MR) is 103 cm³/mol. The van der Waals surface area contributed by atoms with Crippen LogP contribution in [0.2, 0.25) is 5.28 Å². The van der Waals surface area contributed by atoms with E-state index in [-0.39, 0.29) is 5.28 Å². The van der Waals surface area contributed by atoms with Crippen molar-refractivity contribution in [3.8, 4) is 11.5 Å². The van der Waals surface area contributed by atoms with Crippen LogP contribution in [0.5, 0.6) is 11.5 Å². The van der Waals surface area contributed by atoms with Gasteiger partial charge in [0.1, 0.15) is 5.82 Å². The molecule has 25 heavy (non-hydrogen) atoms. The van der Waals surface area contributed by atoms with Gasteiger partial charge >= 0.3 is 0 Å². The van der Waals surface area contributed by atoms with Crippen molar-refractivity contribution in [1.82, 2.24) is 14.9 Å². The molecule has 0 spiro atoms. The van der Waals surface area contributed by atoms with E-state index in [0.717, 1.165) is 55.7 Å². The molecule has 2 rings (SSSR count). The first-order valence-corrected chi connectivity index (χ1v) is 9.06. The van der Waals surface area contributed by atoms with Crippen LogP contribution in [-0.2, 0) is 0 Å². The lowest BCUT2D eigenvalue weighted by molar-refractivity contribution is 0.298. The Morgan fingerprint density at radius 1 is 1.04 bits per heavy atom. The van der Waals surface area contributed by atoms with Crippen LogP contribution in [0.1, 0.15) is 26.7 Å². The summed E-state index contributed by atoms with van der Waals surface area (Å²) in [4.78, 5) is 11.0. The summed E-state index contributed by atoms with van der Waals surface area (Å²) in [5.74, 6) is 1.99. The molecule has 1 N–H and O–H groups in total. The van der Waals surface area contributed by atoms with E-state index in [0.29, 0.717) is 11.5 Å². The number of aromatic nitrogens is 2. The van der Waals surface area contributed by atoms with Crippen molar-refractivity contribution in [3.05, 3.63) is 17.4 Å². The monoisotopic (exact) mass is 366 g/mol. The molecule has 1 aromatic carbocycles. The molecule has 0 aliphatic rings. The molecule has 0 unspecified atom stereocenters. The average Bonchev–Trinajstić information content (AvgIpc) is 2.63. The van der Waals surface area contributed by atoms with Gasteiger partial charge < -0.3 is 19.7 Å². The number of methoxy groups -OCH3 is 2. The number of halogens is 1. The maximum absolute atomic E-state index is 6.07. The third-order valence-electron chi connectivity index (χ3n) is 4.26. The second kappa shape index (κ2) is 9.63. The Morgan fingerprint density at radius 3 is 2.36 bits per heavy atom. The van der Waals surface area contributed by atoms with Crippen LogP contribution in [-0.4, -0.2) is 55.3 Å². The molecule has 0 fully saturated rings. The zero-order valence-corrected chi connectivity index (χ0v) is 16.2. The fraction of sp³-hybridized carbons (Fsp3) is 0.556. The highest BCUT2D eigenvalue weighted by molar-refractivity contribution is 6.28. The van der Waals surface area contributed by atoms with Gasteiger partial charge in [-0.05, 0) is 50.1 Å². The van der Waals surface area contributed by atoms with Crippen molar-refractivity contribution in [1.29, 1.82) is 0 Å². The summed E-state index contributed by atoms with van der Waals surface area (Å²) in [7, 11) is 3.21. The number of benzene rings is 1. The summed E-state index contributed by atoms with van der Waals surface area (Å²) in [6.45, 7) is 8.52. The highest BCUT2D eigenvalue weighted by atomic mass is 35.5. The number of anilines is 1. The highest BCUT2D eigenvalue weighted by Gasteiger charge is 2.12. The van der Waals surface area contributed by atoms with Gasteiger partial charge in [-0.15, -0.1) is 0 Å². The minimum absolute atomic E-state index is 0.213. The van der Waals surface area contributed by atoms with E-state index in [1.807, 2.05) is 12.1 Å². The Bertz CT molecular complexity index is 692. The molecular weight excluding hydrogens is 340 g/mol. The summed E-state index contributed by atoms with van der Waals surface area (Å²) in [5.41, 5.74) is 0.725. The molecule has 0 aliphatic carbocycles. The van der Waals surface area contributed by atoms with Crippen LogP contribution in [0.15, 0.2) is 12.1 Å². The van der Waals surface area contributed by atoms with Gasteiger partial charge in [-0.1, -0.05) is 13.8 Å². The van der Waals surface area contributed by atoms with E-state index >= 15 is 0 Å². The fourth-order valence-corrected chi connectivity index (χ4v) is 2.94. The van der Waals surface area contributed by atoms with E-state index in [2.05, 4.69) is 34.0 Å². The molecule has 0 saturated heterocycles. The van der Waals surface area contributed by atoms with E-state index in [9.17, 15) is 0 Å². The zero-order valence-electron chi connectivity index (χ0n) is 15.4. The standard InChI is InChI=1S/C18H27ClN4O2/c1-5-23(6-2)10-8-7-9-20-17-13-11-15(24-3)16(25-4)12-14(13)21-18(19)22-17/h11-12H,5-10H2,1-4H3,(H,20,21,22). The zero-order chi connectivity index (χ0) is 18.2. The quantitative estimate of drug-likeness (QED) is 0.509. The normalized spacial score (nSPS) is 11.1. The Balaban J connectivity index is 2.09. The molecule has 2 aromatic rings. The molecule has 0 radical (unpaired) electrons. The molecule has 0 aliphatic heterocycles. The van der Waals surface area contributed by atoms with Crippen molar-refractivity contribution in [2.45, 2.75) is 26.7 Å². The van der Waals surface area contributed by atoms with Crippen LogP contribution < -0.4 is 14.8 Å². The number of rotatable bonds is 10. The number of unbranched alkanes of at least 4 members (excludes halogenated alkanes) is 1. The van der Waals surface area contributed by atoms with E-state index in [1.54, 1.807) is 14.2 Å². The van der Waals surface area contributed by atoms with Gasteiger partial charge in [0.25, 0.3) is 0 Å². The number of nitrogens with zero attached hydrogens (tertiary/aromatic N) is 3. The van der Waals surface area contributed by atoms with Crippen molar-refractivity contribution in [2.24, 2.45) is 0 Å². The summed E-state index contributed by atoms with van der Waals surface area (Å²) in [5, 5.41) is 4.46. The smallest absolute Gasteiger partial charge is 0.224 e. The highest BCUT2D eigenvalue weighted by Crippen LogP contribution is 2.34. The summed E-state index contributed by atoms with van der Waals surface area (Å²) < 4.78 is 10.7. The van der Waals surface area contributed by atoms with Crippen LogP contribution in [0.4, 0.5) is 5.82 Å². The van der Waals surface area contributed by atoms with Gasteiger partial charge in [0.15, 0.2) is 11.5 Å². The van der Waals surface area contributed by atoms with Gasteiger partial charge in [-0.2, -0.15) is 0 Å². The first-order valence-electron chi connectivity index (χ1n) is 8.68. The molecule has 1 heterocycles.